The van der Waals surface area contributed by atoms with Crippen LogP contribution >= 0.6 is 0 Å². The molecule has 110 valence electrons. The van der Waals surface area contributed by atoms with E-state index >= 15 is 0 Å². The zero-order chi connectivity index (χ0) is 14.9. The van der Waals surface area contributed by atoms with Gasteiger partial charge in [0.05, 0.1) is 12.6 Å². The minimum atomic E-state index is -0.289. The van der Waals surface area contributed by atoms with Gasteiger partial charge in [0.15, 0.2) is 0 Å². The van der Waals surface area contributed by atoms with Crippen LogP contribution in [0.1, 0.15) is 11.1 Å². The van der Waals surface area contributed by atoms with Crippen molar-refractivity contribution >= 4 is 6.03 Å². The normalized spacial score (nSPS) is 11.7. The summed E-state index contributed by atoms with van der Waals surface area (Å²) < 4.78 is 0. The van der Waals surface area contributed by atoms with E-state index in [0.29, 0.717) is 13.0 Å². The van der Waals surface area contributed by atoms with E-state index < -0.39 is 0 Å². The minimum Gasteiger partial charge on any atom is -0.394 e. The fraction of sp³-hybridized carbons (Fsp3) is 0.235. The molecule has 21 heavy (non-hydrogen) atoms. The maximum atomic E-state index is 11.8. The standard InChI is InChI=1S/C17H20N2O2/c20-13-16(11-14-7-3-1-4-8-14)19-17(21)18-12-15-9-5-2-6-10-15/h1-10,16,20H,11-13H2,(H2,18,19,21)/t16-/m1/s1. The van der Waals surface area contributed by atoms with Gasteiger partial charge in [0.25, 0.3) is 0 Å². The third kappa shape index (κ3) is 5.28. The molecule has 2 rings (SSSR count). The highest BCUT2D eigenvalue weighted by Crippen LogP contribution is 2.03. The molecule has 1 atom stereocenters. The molecule has 3 N–H and O–H groups in total. The molecule has 0 aliphatic rings. The van der Waals surface area contributed by atoms with Crippen molar-refractivity contribution in [3.05, 3.63) is 71.8 Å². The van der Waals surface area contributed by atoms with Gasteiger partial charge in [0.2, 0.25) is 0 Å². The summed E-state index contributed by atoms with van der Waals surface area (Å²) in [6.45, 7) is 0.379. The highest BCUT2D eigenvalue weighted by atomic mass is 16.3. The van der Waals surface area contributed by atoms with Crippen molar-refractivity contribution in [2.75, 3.05) is 6.61 Å². The number of aliphatic hydroxyl groups excluding tert-OH is 1. The molecule has 4 heteroatoms. The lowest BCUT2D eigenvalue weighted by Crippen LogP contribution is -2.44. The zero-order valence-electron chi connectivity index (χ0n) is 11.8. The summed E-state index contributed by atoms with van der Waals surface area (Å²) in [5.74, 6) is 0. The summed E-state index contributed by atoms with van der Waals surface area (Å²) in [6, 6.07) is 18.9. The number of rotatable bonds is 6. The van der Waals surface area contributed by atoms with Crippen LogP contribution in [0.25, 0.3) is 0 Å². The molecule has 0 heterocycles. The smallest absolute Gasteiger partial charge is 0.315 e. The molecule has 0 spiro atoms. The van der Waals surface area contributed by atoms with E-state index in [1.807, 2.05) is 60.7 Å². The van der Waals surface area contributed by atoms with E-state index in [2.05, 4.69) is 10.6 Å². The SMILES string of the molecule is O=C(NCc1ccccc1)N[C@@H](CO)Cc1ccccc1. The Morgan fingerprint density at radius 2 is 1.52 bits per heavy atom. The van der Waals surface area contributed by atoms with Crippen molar-refractivity contribution in [2.24, 2.45) is 0 Å². The second-order valence-corrected chi connectivity index (χ2v) is 4.88. The molecule has 0 radical (unpaired) electrons. The summed E-state index contributed by atoms with van der Waals surface area (Å²) in [5, 5.41) is 15.0. The number of hydrogen-bond donors (Lipinski definition) is 3. The maximum Gasteiger partial charge on any atom is 0.315 e. The second-order valence-electron chi connectivity index (χ2n) is 4.88. The Balaban J connectivity index is 1.80. The number of aliphatic hydroxyl groups is 1. The van der Waals surface area contributed by atoms with Gasteiger partial charge in [0.1, 0.15) is 0 Å². The van der Waals surface area contributed by atoms with E-state index in [4.69, 9.17) is 0 Å². The largest absolute Gasteiger partial charge is 0.394 e. The van der Waals surface area contributed by atoms with Gasteiger partial charge in [-0.25, -0.2) is 4.79 Å². The number of urea groups is 1. The van der Waals surface area contributed by atoms with Crippen molar-refractivity contribution in [3.8, 4) is 0 Å². The fourth-order valence-electron chi connectivity index (χ4n) is 2.07. The first kappa shape index (κ1) is 15.1. The Morgan fingerprint density at radius 3 is 2.10 bits per heavy atom. The average molecular weight is 284 g/mol. The Hall–Kier alpha value is -2.33. The van der Waals surface area contributed by atoms with Crippen molar-refractivity contribution < 1.29 is 9.90 Å². The van der Waals surface area contributed by atoms with E-state index in [1.165, 1.54) is 0 Å². The zero-order valence-corrected chi connectivity index (χ0v) is 11.8. The molecule has 2 aromatic carbocycles. The van der Waals surface area contributed by atoms with Crippen molar-refractivity contribution in [1.82, 2.24) is 10.6 Å². The second kappa shape index (κ2) is 8.07. The third-order valence-electron chi connectivity index (χ3n) is 3.18. The third-order valence-corrected chi connectivity index (χ3v) is 3.18. The molecule has 0 unspecified atom stereocenters. The average Bonchev–Trinajstić information content (AvgIpc) is 2.54. The predicted molar refractivity (Wildman–Crippen MR) is 82.8 cm³/mol. The summed E-state index contributed by atoms with van der Waals surface area (Å²) >= 11 is 0. The molecule has 4 nitrogen and oxygen atoms in total. The Bertz CT molecular complexity index is 543. The Kier molecular flexibility index (Phi) is 5.79. The predicted octanol–water partition coefficient (Wildman–Crippen LogP) is 2.09. The lowest BCUT2D eigenvalue weighted by Gasteiger charge is -2.17. The molecule has 0 saturated carbocycles. The van der Waals surface area contributed by atoms with Crippen LogP contribution in [0, 0.1) is 0 Å². The van der Waals surface area contributed by atoms with Gasteiger partial charge in [-0.15, -0.1) is 0 Å². The lowest BCUT2D eigenvalue weighted by atomic mass is 10.1. The van der Waals surface area contributed by atoms with Crippen LogP contribution in [0.4, 0.5) is 4.79 Å². The van der Waals surface area contributed by atoms with Crippen LogP contribution in [0.15, 0.2) is 60.7 Å². The van der Waals surface area contributed by atoms with Crippen LogP contribution in [-0.4, -0.2) is 23.8 Å². The van der Waals surface area contributed by atoms with Gasteiger partial charge in [-0.1, -0.05) is 60.7 Å². The molecule has 0 aliphatic heterocycles. The Labute approximate surface area is 124 Å². The van der Waals surface area contributed by atoms with Gasteiger partial charge in [-0.05, 0) is 17.5 Å². The van der Waals surface area contributed by atoms with E-state index in [-0.39, 0.29) is 18.7 Å². The van der Waals surface area contributed by atoms with Crippen LogP contribution in [0.2, 0.25) is 0 Å². The first-order valence-corrected chi connectivity index (χ1v) is 7.01. The van der Waals surface area contributed by atoms with Crippen molar-refractivity contribution in [1.29, 1.82) is 0 Å². The molecule has 0 saturated heterocycles. The fourth-order valence-corrected chi connectivity index (χ4v) is 2.07. The van der Waals surface area contributed by atoms with E-state index in [9.17, 15) is 9.90 Å². The Morgan fingerprint density at radius 1 is 0.952 bits per heavy atom. The maximum absolute atomic E-state index is 11.8. The number of nitrogens with one attached hydrogen (secondary N) is 2. The summed E-state index contributed by atoms with van der Waals surface area (Å²) in [4.78, 5) is 11.8. The number of amides is 2. The van der Waals surface area contributed by atoms with Gasteiger partial charge in [-0.2, -0.15) is 0 Å². The van der Waals surface area contributed by atoms with Crippen LogP contribution in [-0.2, 0) is 13.0 Å². The first-order chi connectivity index (χ1) is 10.3. The molecular formula is C17H20N2O2. The van der Waals surface area contributed by atoms with Gasteiger partial charge in [-0.3, -0.25) is 0 Å². The molecule has 2 aromatic rings. The van der Waals surface area contributed by atoms with Gasteiger partial charge in [0, 0.05) is 6.54 Å². The molecular weight excluding hydrogens is 264 g/mol. The van der Waals surface area contributed by atoms with Crippen molar-refractivity contribution in [2.45, 2.75) is 19.0 Å². The van der Waals surface area contributed by atoms with Crippen molar-refractivity contribution in [3.63, 3.8) is 0 Å². The monoisotopic (exact) mass is 284 g/mol. The topological polar surface area (TPSA) is 61.4 Å². The first-order valence-electron chi connectivity index (χ1n) is 7.01. The quantitative estimate of drug-likeness (QED) is 0.760. The molecule has 2 amide bonds. The summed E-state index contributed by atoms with van der Waals surface area (Å²) in [6.07, 6.45) is 0.607. The molecule has 0 aliphatic carbocycles. The van der Waals surface area contributed by atoms with E-state index in [0.717, 1.165) is 11.1 Å². The molecule has 0 bridgehead atoms. The minimum absolute atomic E-state index is 0.0896. The number of carbonyl (C=O) groups excluding carboxylic acids is 1. The summed E-state index contributed by atoms with van der Waals surface area (Å²) in [5.41, 5.74) is 2.12. The number of hydrogen-bond acceptors (Lipinski definition) is 2. The highest BCUT2D eigenvalue weighted by Gasteiger charge is 2.11. The highest BCUT2D eigenvalue weighted by molar-refractivity contribution is 5.74. The van der Waals surface area contributed by atoms with Crippen LogP contribution in [0.5, 0.6) is 0 Å². The number of carbonyl (C=O) groups is 1. The van der Waals surface area contributed by atoms with Gasteiger partial charge >= 0.3 is 6.03 Å². The van der Waals surface area contributed by atoms with Crippen LogP contribution in [0.3, 0.4) is 0 Å². The lowest BCUT2D eigenvalue weighted by molar-refractivity contribution is 0.215. The van der Waals surface area contributed by atoms with E-state index in [1.54, 1.807) is 0 Å². The number of benzene rings is 2. The van der Waals surface area contributed by atoms with Crippen LogP contribution < -0.4 is 10.6 Å². The van der Waals surface area contributed by atoms with Gasteiger partial charge < -0.3 is 15.7 Å². The molecule has 0 fully saturated rings. The summed E-state index contributed by atoms with van der Waals surface area (Å²) in [7, 11) is 0. The molecule has 0 aromatic heterocycles.